The topological polar surface area (TPSA) is 39.6 Å². The lowest BCUT2D eigenvalue weighted by Crippen LogP contribution is -2.44. The minimum Gasteiger partial charge on any atom is -0.505 e. The Kier molecular flexibility index (Phi) is 5.96. The van der Waals surface area contributed by atoms with Gasteiger partial charge in [0.2, 0.25) is 0 Å². The molecule has 5 heteroatoms. The first-order valence-corrected chi connectivity index (χ1v) is 9.16. The van der Waals surface area contributed by atoms with E-state index in [0.717, 1.165) is 37.1 Å². The number of aromatic nitrogens is 1. The van der Waals surface area contributed by atoms with Crippen LogP contribution >= 0.6 is 11.6 Å². The molecule has 1 N–H and O–H groups in total. The molecule has 1 aromatic carbocycles. The number of allylic oxidation sites excluding steroid dienone is 5. The van der Waals surface area contributed by atoms with Crippen molar-refractivity contribution >= 4 is 22.5 Å². The van der Waals surface area contributed by atoms with Gasteiger partial charge in [0.1, 0.15) is 11.3 Å². The van der Waals surface area contributed by atoms with Crippen LogP contribution < -0.4 is 0 Å². The fraction of sp³-hybridized carbons (Fsp3) is 0.286. The molecule has 0 radical (unpaired) electrons. The maximum Gasteiger partial charge on any atom is 0.146 e. The van der Waals surface area contributed by atoms with Gasteiger partial charge < -0.3 is 10.0 Å². The molecule has 0 atom stereocenters. The molecular formula is C21H24ClN3O. The number of phenols is 1. The summed E-state index contributed by atoms with van der Waals surface area (Å²) in [7, 11) is 0. The van der Waals surface area contributed by atoms with Gasteiger partial charge in [-0.15, -0.1) is 0 Å². The molecule has 2 heterocycles. The van der Waals surface area contributed by atoms with Crippen molar-refractivity contribution in [1.29, 1.82) is 0 Å². The lowest BCUT2D eigenvalue weighted by molar-refractivity contribution is 0.152. The number of hydrogen-bond donors (Lipinski definition) is 1. The lowest BCUT2D eigenvalue weighted by Gasteiger charge is -2.36. The van der Waals surface area contributed by atoms with Crippen molar-refractivity contribution in [2.75, 3.05) is 26.2 Å². The van der Waals surface area contributed by atoms with E-state index in [9.17, 15) is 5.11 Å². The third kappa shape index (κ3) is 4.09. The second-order valence-corrected chi connectivity index (χ2v) is 6.86. The van der Waals surface area contributed by atoms with Crippen LogP contribution in [0.5, 0.6) is 5.75 Å². The van der Waals surface area contributed by atoms with Crippen LogP contribution in [-0.4, -0.2) is 46.1 Å². The smallest absolute Gasteiger partial charge is 0.146 e. The van der Waals surface area contributed by atoms with E-state index in [2.05, 4.69) is 34.4 Å². The van der Waals surface area contributed by atoms with E-state index in [-0.39, 0.29) is 5.75 Å². The van der Waals surface area contributed by atoms with E-state index in [1.54, 1.807) is 12.3 Å². The molecule has 1 aromatic heterocycles. The van der Waals surface area contributed by atoms with Crippen molar-refractivity contribution in [2.45, 2.75) is 13.5 Å². The van der Waals surface area contributed by atoms with Crippen molar-refractivity contribution in [3.63, 3.8) is 0 Å². The number of nitrogens with zero attached hydrogens (tertiary/aromatic N) is 3. The Bertz CT molecular complexity index is 852. The molecular weight excluding hydrogens is 346 g/mol. The van der Waals surface area contributed by atoms with Gasteiger partial charge in [-0.25, -0.2) is 0 Å². The second-order valence-electron chi connectivity index (χ2n) is 6.46. The lowest BCUT2D eigenvalue weighted by atomic mass is 10.1. The zero-order valence-corrected chi connectivity index (χ0v) is 15.8. The minimum atomic E-state index is 0.234. The van der Waals surface area contributed by atoms with Crippen LogP contribution in [0, 0.1) is 0 Å². The molecule has 0 spiro atoms. The van der Waals surface area contributed by atoms with Gasteiger partial charge in [0.05, 0.1) is 5.02 Å². The molecule has 4 nitrogen and oxygen atoms in total. The van der Waals surface area contributed by atoms with Crippen LogP contribution in [0.15, 0.2) is 61.0 Å². The number of aromatic hydroxyl groups is 1. The van der Waals surface area contributed by atoms with Gasteiger partial charge in [-0.3, -0.25) is 9.88 Å². The van der Waals surface area contributed by atoms with E-state index in [1.807, 2.05) is 30.4 Å². The molecule has 136 valence electrons. The van der Waals surface area contributed by atoms with Gasteiger partial charge >= 0.3 is 0 Å². The average Bonchev–Trinajstić information content (AvgIpc) is 2.66. The molecule has 1 aliphatic heterocycles. The molecule has 0 unspecified atom stereocenters. The summed E-state index contributed by atoms with van der Waals surface area (Å²) >= 11 is 6.38. The normalized spacial score (nSPS) is 16.5. The third-order valence-electron chi connectivity index (χ3n) is 4.74. The Morgan fingerprint density at radius 1 is 1.31 bits per heavy atom. The van der Waals surface area contributed by atoms with Gasteiger partial charge in [-0.1, -0.05) is 36.4 Å². The Balaban J connectivity index is 1.68. The maximum absolute atomic E-state index is 10.6. The highest BCUT2D eigenvalue weighted by atomic mass is 35.5. The number of benzene rings is 1. The van der Waals surface area contributed by atoms with Crippen LogP contribution in [0.25, 0.3) is 10.9 Å². The molecule has 1 fully saturated rings. The van der Waals surface area contributed by atoms with Gasteiger partial charge in [-0.05, 0) is 31.2 Å². The highest BCUT2D eigenvalue weighted by Gasteiger charge is 2.19. The van der Waals surface area contributed by atoms with E-state index in [1.165, 1.54) is 5.70 Å². The zero-order chi connectivity index (χ0) is 18.5. The SMILES string of the molecule is C=C/C=C\C=C(/C)N1CCN(Cc2cc(Cl)c3cccnc3c2O)CC1. The van der Waals surface area contributed by atoms with Crippen molar-refractivity contribution in [3.05, 3.63) is 71.6 Å². The Hall–Kier alpha value is -2.30. The predicted octanol–water partition coefficient (Wildman–Crippen LogP) is 4.36. The Labute approximate surface area is 159 Å². The largest absolute Gasteiger partial charge is 0.505 e. The summed E-state index contributed by atoms with van der Waals surface area (Å²) in [5.41, 5.74) is 2.65. The number of pyridine rings is 1. The summed E-state index contributed by atoms with van der Waals surface area (Å²) < 4.78 is 0. The minimum absolute atomic E-state index is 0.234. The summed E-state index contributed by atoms with van der Waals surface area (Å²) in [5, 5.41) is 12.0. The van der Waals surface area contributed by atoms with Crippen molar-refractivity contribution in [1.82, 2.24) is 14.8 Å². The molecule has 0 aliphatic carbocycles. The van der Waals surface area contributed by atoms with Gasteiger partial charge in [0.15, 0.2) is 0 Å². The van der Waals surface area contributed by atoms with E-state index >= 15 is 0 Å². The molecule has 26 heavy (non-hydrogen) atoms. The number of phenolic OH excluding ortho intramolecular Hbond substituents is 1. The summed E-state index contributed by atoms with van der Waals surface area (Å²) in [6, 6.07) is 5.56. The van der Waals surface area contributed by atoms with Crippen LogP contribution in [0.1, 0.15) is 12.5 Å². The third-order valence-corrected chi connectivity index (χ3v) is 5.06. The van der Waals surface area contributed by atoms with Crippen molar-refractivity contribution in [3.8, 4) is 5.75 Å². The standard InChI is InChI=1S/C21H24ClN3O/c1-3-4-5-7-16(2)25-12-10-24(11-13-25)15-17-14-19(22)18-8-6-9-23-20(18)21(17)26/h3-9,14,26H,1,10-13,15H2,2H3/b5-4-,16-7+. The average molecular weight is 370 g/mol. The monoisotopic (exact) mass is 369 g/mol. The quantitative estimate of drug-likeness (QED) is 0.795. The van der Waals surface area contributed by atoms with Crippen LogP contribution in [0.3, 0.4) is 0 Å². The Morgan fingerprint density at radius 2 is 2.08 bits per heavy atom. The number of rotatable bonds is 5. The first kappa shape index (κ1) is 18.5. The van der Waals surface area contributed by atoms with Gasteiger partial charge in [0.25, 0.3) is 0 Å². The second kappa shape index (κ2) is 8.39. The fourth-order valence-electron chi connectivity index (χ4n) is 3.24. The molecule has 0 bridgehead atoms. The summed E-state index contributed by atoms with van der Waals surface area (Å²) in [6.07, 6.45) is 9.50. The number of halogens is 1. The Morgan fingerprint density at radius 3 is 2.81 bits per heavy atom. The number of fused-ring (bicyclic) bond motifs is 1. The maximum atomic E-state index is 10.6. The van der Waals surface area contributed by atoms with Crippen LogP contribution in [-0.2, 0) is 6.54 Å². The van der Waals surface area contributed by atoms with Crippen molar-refractivity contribution in [2.24, 2.45) is 0 Å². The number of hydrogen-bond acceptors (Lipinski definition) is 4. The highest BCUT2D eigenvalue weighted by molar-refractivity contribution is 6.35. The summed E-state index contributed by atoms with van der Waals surface area (Å²) in [4.78, 5) is 8.99. The summed E-state index contributed by atoms with van der Waals surface area (Å²) in [5.74, 6) is 0.234. The molecule has 1 aliphatic rings. The predicted molar refractivity (Wildman–Crippen MR) is 108 cm³/mol. The first-order valence-electron chi connectivity index (χ1n) is 8.78. The molecule has 0 amide bonds. The van der Waals surface area contributed by atoms with Gasteiger partial charge in [0, 0.05) is 55.6 Å². The molecule has 3 rings (SSSR count). The van der Waals surface area contributed by atoms with E-state index in [4.69, 9.17) is 11.6 Å². The van der Waals surface area contributed by atoms with Crippen molar-refractivity contribution < 1.29 is 5.11 Å². The van der Waals surface area contributed by atoms with E-state index in [0.29, 0.717) is 17.1 Å². The molecule has 0 saturated carbocycles. The first-order chi connectivity index (χ1) is 12.6. The van der Waals surface area contributed by atoms with Gasteiger partial charge in [-0.2, -0.15) is 0 Å². The zero-order valence-electron chi connectivity index (χ0n) is 15.0. The highest BCUT2D eigenvalue weighted by Crippen LogP contribution is 2.33. The van der Waals surface area contributed by atoms with Crippen LogP contribution in [0.2, 0.25) is 5.02 Å². The number of piperazine rings is 1. The molecule has 1 saturated heterocycles. The van der Waals surface area contributed by atoms with E-state index < -0.39 is 0 Å². The fourth-order valence-corrected chi connectivity index (χ4v) is 3.52. The summed E-state index contributed by atoms with van der Waals surface area (Å²) in [6.45, 7) is 10.3. The molecule has 2 aromatic rings. The van der Waals surface area contributed by atoms with Crippen LogP contribution in [0.4, 0.5) is 0 Å².